The molecule has 4 heteroatoms. The van der Waals surface area contributed by atoms with Gasteiger partial charge in [-0.1, -0.05) is 70.8 Å². The molecule has 0 saturated heterocycles. The van der Waals surface area contributed by atoms with E-state index < -0.39 is 0 Å². The Morgan fingerprint density at radius 3 is 0.475 bits per heavy atom. The van der Waals surface area contributed by atoms with Crippen molar-refractivity contribution in [3.05, 3.63) is 119 Å². The van der Waals surface area contributed by atoms with Crippen LogP contribution in [0.25, 0.3) is 0 Å². The highest BCUT2D eigenvalue weighted by molar-refractivity contribution is 5.33. The molecule has 4 aromatic carbocycles. The molecule has 0 atom stereocenters. The molecule has 0 fully saturated rings. The molecule has 4 N–H and O–H groups in total. The third kappa shape index (κ3) is 14.2. The van der Waals surface area contributed by atoms with E-state index in [0.29, 0.717) is 0 Å². The van der Waals surface area contributed by atoms with E-state index in [9.17, 15) is 0 Å². The molecule has 0 unspecified atom stereocenters. The highest BCUT2D eigenvalue weighted by atomic mass is 15.1. The maximum absolute atomic E-state index is 2.16. The maximum atomic E-state index is 2.16. The summed E-state index contributed by atoms with van der Waals surface area (Å²) in [7, 11) is 17.0. The molecule has 0 saturated carbocycles. The predicted octanol–water partition coefficient (Wildman–Crippen LogP) is 3.08. The third-order valence-electron chi connectivity index (χ3n) is 6.52. The zero-order valence-corrected chi connectivity index (χ0v) is 27.2. The lowest BCUT2D eigenvalue weighted by atomic mass is 10.2. The summed E-state index contributed by atoms with van der Waals surface area (Å²) in [5.41, 5.74) is 10.7. The van der Waals surface area contributed by atoms with Crippen LogP contribution >= 0.6 is 0 Å². The second-order valence-corrected chi connectivity index (χ2v) is 11.5. The number of benzene rings is 4. The van der Waals surface area contributed by atoms with Gasteiger partial charge in [0.25, 0.3) is 0 Å². The van der Waals surface area contributed by atoms with Crippen molar-refractivity contribution >= 4 is 22.7 Å². The zero-order valence-electron chi connectivity index (χ0n) is 27.2. The van der Waals surface area contributed by atoms with E-state index in [1.54, 1.807) is 0 Å². The molecular formula is C36H56N4+4. The summed E-state index contributed by atoms with van der Waals surface area (Å²) in [5.74, 6) is 0. The van der Waals surface area contributed by atoms with Crippen LogP contribution in [0.1, 0.15) is 22.3 Å². The molecule has 0 spiro atoms. The van der Waals surface area contributed by atoms with Gasteiger partial charge in [-0.05, 0) is 76.2 Å². The summed E-state index contributed by atoms with van der Waals surface area (Å²) in [6, 6.07) is 34.4. The Labute approximate surface area is 245 Å². The molecule has 0 aliphatic rings. The van der Waals surface area contributed by atoms with Gasteiger partial charge in [-0.3, -0.25) is 0 Å². The van der Waals surface area contributed by atoms with Crippen LogP contribution in [0.4, 0.5) is 22.7 Å². The van der Waals surface area contributed by atoms with Crippen LogP contribution in [-0.4, -0.2) is 56.4 Å². The summed E-state index contributed by atoms with van der Waals surface area (Å²) in [6.07, 6.45) is 0. The normalized spacial score (nSPS) is 10.4. The second kappa shape index (κ2) is 18.1. The first-order valence-electron chi connectivity index (χ1n) is 14.3. The third-order valence-corrected chi connectivity index (χ3v) is 6.52. The Morgan fingerprint density at radius 1 is 0.250 bits per heavy atom. The molecule has 0 aliphatic heterocycles. The van der Waals surface area contributed by atoms with Crippen LogP contribution < -0.4 is 19.6 Å². The molecule has 4 aromatic rings. The van der Waals surface area contributed by atoms with Gasteiger partial charge >= 0.3 is 0 Å². The van der Waals surface area contributed by atoms with Gasteiger partial charge in [0.05, 0.1) is 56.4 Å². The van der Waals surface area contributed by atoms with Gasteiger partial charge in [0.1, 0.15) is 22.7 Å². The van der Waals surface area contributed by atoms with Gasteiger partial charge in [0.2, 0.25) is 0 Å². The van der Waals surface area contributed by atoms with Crippen molar-refractivity contribution in [2.75, 3.05) is 56.4 Å². The molecule has 0 amide bonds. The molecule has 4 rings (SSSR count). The molecule has 4 nitrogen and oxygen atoms in total. The van der Waals surface area contributed by atoms with Gasteiger partial charge in [0.15, 0.2) is 0 Å². The Hall–Kier alpha value is -3.28. The van der Waals surface area contributed by atoms with Crippen molar-refractivity contribution in [1.82, 2.24) is 0 Å². The lowest BCUT2D eigenvalue weighted by molar-refractivity contribution is -0.786. The van der Waals surface area contributed by atoms with Crippen molar-refractivity contribution in [3.63, 3.8) is 0 Å². The minimum Gasteiger partial charge on any atom is -0.307 e. The average molecular weight is 545 g/mol. The molecule has 0 aromatic heterocycles. The Bertz CT molecular complexity index is 992. The van der Waals surface area contributed by atoms with Crippen molar-refractivity contribution in [3.8, 4) is 0 Å². The molecular weight excluding hydrogens is 488 g/mol. The van der Waals surface area contributed by atoms with Gasteiger partial charge < -0.3 is 19.6 Å². The fourth-order valence-corrected chi connectivity index (χ4v) is 3.55. The number of hydrogen-bond acceptors (Lipinski definition) is 0. The predicted molar refractivity (Wildman–Crippen MR) is 175 cm³/mol. The Balaban J connectivity index is 0.000000267. The quantitative estimate of drug-likeness (QED) is 0.303. The van der Waals surface area contributed by atoms with E-state index in [-0.39, 0.29) is 0 Å². The molecule has 0 heterocycles. The van der Waals surface area contributed by atoms with Crippen LogP contribution in [0.5, 0.6) is 0 Å². The molecule has 40 heavy (non-hydrogen) atoms. The molecule has 0 radical (unpaired) electrons. The largest absolute Gasteiger partial charge is 0.307 e. The van der Waals surface area contributed by atoms with Gasteiger partial charge in [-0.2, -0.15) is 0 Å². The minimum atomic E-state index is 1.32. The fourth-order valence-electron chi connectivity index (χ4n) is 3.55. The number of rotatable bonds is 4. The van der Waals surface area contributed by atoms with Crippen molar-refractivity contribution in [1.29, 1.82) is 0 Å². The summed E-state index contributed by atoms with van der Waals surface area (Å²) in [6.45, 7) is 8.42. The first kappa shape index (κ1) is 34.7. The first-order valence-corrected chi connectivity index (χ1v) is 14.3. The Morgan fingerprint density at radius 2 is 0.375 bits per heavy atom. The highest BCUT2D eigenvalue weighted by Crippen LogP contribution is 2.04. The number of quaternary nitrogens is 4. The molecule has 216 valence electrons. The lowest BCUT2D eigenvalue weighted by Gasteiger charge is -2.05. The topological polar surface area (TPSA) is 17.8 Å². The maximum Gasteiger partial charge on any atom is 0.130 e. The van der Waals surface area contributed by atoms with Crippen molar-refractivity contribution in [2.24, 2.45) is 0 Å². The molecule has 0 aliphatic carbocycles. The van der Waals surface area contributed by atoms with Crippen LogP contribution in [0.3, 0.4) is 0 Å². The van der Waals surface area contributed by atoms with Crippen LogP contribution in [-0.2, 0) is 0 Å². The zero-order chi connectivity index (χ0) is 30.2. The second-order valence-electron chi connectivity index (χ2n) is 11.5. The number of nitrogens with one attached hydrogen (secondary N) is 4. The summed E-state index contributed by atoms with van der Waals surface area (Å²) in [4.78, 5) is 5.50. The number of hydrogen-bond donors (Lipinski definition) is 4. The van der Waals surface area contributed by atoms with E-state index in [1.807, 2.05) is 0 Å². The molecule has 0 bridgehead atoms. The van der Waals surface area contributed by atoms with E-state index in [1.165, 1.54) is 64.6 Å². The smallest absolute Gasteiger partial charge is 0.130 e. The van der Waals surface area contributed by atoms with Crippen molar-refractivity contribution in [2.45, 2.75) is 27.7 Å². The fraction of sp³-hybridized carbons (Fsp3) is 0.333. The van der Waals surface area contributed by atoms with E-state index in [0.717, 1.165) is 0 Å². The van der Waals surface area contributed by atoms with Crippen LogP contribution in [0.15, 0.2) is 97.1 Å². The Kier molecular flexibility index (Phi) is 15.8. The van der Waals surface area contributed by atoms with E-state index >= 15 is 0 Å². The minimum absolute atomic E-state index is 1.32. The van der Waals surface area contributed by atoms with Crippen LogP contribution in [0, 0.1) is 27.7 Å². The van der Waals surface area contributed by atoms with Gasteiger partial charge in [-0.25, -0.2) is 0 Å². The lowest BCUT2D eigenvalue weighted by Crippen LogP contribution is -3.00. The highest BCUT2D eigenvalue weighted by Gasteiger charge is 1.98. The summed E-state index contributed by atoms with van der Waals surface area (Å²) < 4.78 is 0. The van der Waals surface area contributed by atoms with Crippen molar-refractivity contribution < 1.29 is 19.6 Å². The van der Waals surface area contributed by atoms with Crippen LogP contribution in [0.2, 0.25) is 0 Å². The van der Waals surface area contributed by atoms with Gasteiger partial charge in [-0.15, -0.1) is 0 Å². The monoisotopic (exact) mass is 544 g/mol. The average Bonchev–Trinajstić information content (AvgIpc) is 2.91. The van der Waals surface area contributed by atoms with E-state index in [2.05, 4.69) is 181 Å². The van der Waals surface area contributed by atoms with Gasteiger partial charge in [0, 0.05) is 0 Å². The summed E-state index contributed by atoms with van der Waals surface area (Å²) >= 11 is 0. The first-order chi connectivity index (χ1) is 18.8. The number of aryl methyl sites for hydroxylation is 4. The summed E-state index contributed by atoms with van der Waals surface area (Å²) in [5, 5.41) is 0. The SMILES string of the molecule is Cc1ccc([NH+](C)C)cc1.Cc1ccc([NH+](C)C)cc1.Cc1ccc([NH+](C)C)cc1.Cc1ccc([NH+](C)C)cc1. The van der Waals surface area contributed by atoms with E-state index in [4.69, 9.17) is 0 Å². The standard InChI is InChI=1S/4C9H13N/c4*1-8-4-6-9(7-5-8)10(2)3/h4*4-7H,1-3H3/p+4.